The third kappa shape index (κ3) is 4.94. The first kappa shape index (κ1) is 19.5. The summed E-state index contributed by atoms with van der Waals surface area (Å²) in [5, 5.41) is 3.22. The third-order valence-corrected chi connectivity index (χ3v) is 4.59. The fourth-order valence-electron chi connectivity index (χ4n) is 2.94. The number of amides is 1. The van der Waals surface area contributed by atoms with Crippen LogP contribution in [0.1, 0.15) is 19.3 Å². The zero-order chi connectivity index (χ0) is 19.8. The summed E-state index contributed by atoms with van der Waals surface area (Å²) in [7, 11) is 1.96. The molecule has 1 amide bonds. The lowest BCUT2D eigenvalue weighted by molar-refractivity contribution is -0.108. The van der Waals surface area contributed by atoms with Gasteiger partial charge in [-0.05, 0) is 31.0 Å². The molecule has 0 spiro atoms. The Labute approximate surface area is 165 Å². The molecule has 1 aliphatic carbocycles. The average Bonchev–Trinajstić information content (AvgIpc) is 3.55. The predicted molar refractivity (Wildman–Crippen MR) is 113 cm³/mol. The zero-order valence-electron chi connectivity index (χ0n) is 16.0. The van der Waals surface area contributed by atoms with E-state index in [-0.39, 0.29) is 0 Å². The van der Waals surface area contributed by atoms with Gasteiger partial charge < -0.3 is 19.9 Å². The van der Waals surface area contributed by atoms with Crippen LogP contribution in [0.5, 0.6) is 0 Å². The highest BCUT2D eigenvalue weighted by Crippen LogP contribution is 2.35. The van der Waals surface area contributed by atoms with E-state index in [4.69, 9.17) is 0 Å². The van der Waals surface area contributed by atoms with Crippen molar-refractivity contribution in [3.63, 3.8) is 0 Å². The van der Waals surface area contributed by atoms with Crippen LogP contribution in [-0.4, -0.2) is 50.1 Å². The quantitative estimate of drug-likeness (QED) is 0.369. The molecular formula is C21H25N5O2. The Kier molecular flexibility index (Phi) is 6.73. The van der Waals surface area contributed by atoms with Gasteiger partial charge in [-0.15, -0.1) is 0 Å². The van der Waals surface area contributed by atoms with E-state index >= 15 is 0 Å². The number of benzene rings is 1. The number of nitrogens with zero attached hydrogens (tertiary/aromatic N) is 4. The molecule has 7 nitrogen and oxygen atoms in total. The molecule has 1 heterocycles. The SMILES string of the molecule is CN(CC=Nc1ccccc1NCCC=O)c1cnccc1N(C=O)C1CC1. The molecule has 0 aliphatic heterocycles. The van der Waals surface area contributed by atoms with Crippen molar-refractivity contribution < 1.29 is 9.59 Å². The van der Waals surface area contributed by atoms with Gasteiger partial charge in [0.1, 0.15) is 6.29 Å². The van der Waals surface area contributed by atoms with Crippen molar-refractivity contribution >= 4 is 41.7 Å². The second-order valence-electron chi connectivity index (χ2n) is 6.70. The molecular weight excluding hydrogens is 354 g/mol. The number of carbonyl (C=O) groups excluding carboxylic acids is 2. The summed E-state index contributed by atoms with van der Waals surface area (Å²) in [4.78, 5) is 34.6. The molecule has 0 unspecified atom stereocenters. The van der Waals surface area contributed by atoms with Gasteiger partial charge in [-0.3, -0.25) is 14.8 Å². The van der Waals surface area contributed by atoms with Crippen LogP contribution in [0, 0.1) is 0 Å². The second kappa shape index (κ2) is 9.64. The molecule has 1 N–H and O–H groups in total. The summed E-state index contributed by atoms with van der Waals surface area (Å²) in [6, 6.07) is 9.90. The lowest BCUT2D eigenvalue weighted by atomic mass is 10.2. The maximum absolute atomic E-state index is 11.5. The van der Waals surface area contributed by atoms with Crippen LogP contribution in [0.4, 0.5) is 22.7 Å². The molecule has 2 aromatic rings. The molecule has 28 heavy (non-hydrogen) atoms. The molecule has 3 rings (SSSR count). The van der Waals surface area contributed by atoms with Crippen LogP contribution >= 0.6 is 0 Å². The van der Waals surface area contributed by atoms with Gasteiger partial charge >= 0.3 is 0 Å². The molecule has 1 fully saturated rings. The maximum atomic E-state index is 11.5. The number of aliphatic imine (C=N–C) groups is 1. The predicted octanol–water partition coefficient (Wildman–Crippen LogP) is 3.05. The highest BCUT2D eigenvalue weighted by molar-refractivity contribution is 5.86. The number of hydrogen-bond acceptors (Lipinski definition) is 6. The summed E-state index contributed by atoms with van der Waals surface area (Å²) in [5.74, 6) is 0. The van der Waals surface area contributed by atoms with Crippen molar-refractivity contribution in [2.75, 3.05) is 35.3 Å². The van der Waals surface area contributed by atoms with Crippen LogP contribution in [0.15, 0.2) is 47.7 Å². The number of nitrogens with one attached hydrogen (secondary N) is 1. The Bertz CT molecular complexity index is 835. The molecule has 1 saturated carbocycles. The van der Waals surface area contributed by atoms with Crippen molar-refractivity contribution in [2.45, 2.75) is 25.3 Å². The number of pyridine rings is 1. The Morgan fingerprint density at radius 2 is 2.04 bits per heavy atom. The summed E-state index contributed by atoms with van der Waals surface area (Å²) in [6.45, 7) is 1.15. The summed E-state index contributed by atoms with van der Waals surface area (Å²) < 4.78 is 0. The average molecular weight is 379 g/mol. The Morgan fingerprint density at radius 3 is 2.79 bits per heavy atom. The lowest BCUT2D eigenvalue weighted by Crippen LogP contribution is -2.28. The van der Waals surface area contributed by atoms with Gasteiger partial charge in [-0.1, -0.05) is 12.1 Å². The van der Waals surface area contributed by atoms with Gasteiger partial charge in [0.15, 0.2) is 0 Å². The van der Waals surface area contributed by atoms with Gasteiger partial charge in [0.25, 0.3) is 0 Å². The van der Waals surface area contributed by atoms with Crippen LogP contribution in [0.25, 0.3) is 0 Å². The Balaban J connectivity index is 1.69. The number of aldehydes is 1. The highest BCUT2D eigenvalue weighted by Gasteiger charge is 2.30. The molecule has 0 saturated heterocycles. The number of para-hydroxylation sites is 2. The van der Waals surface area contributed by atoms with E-state index in [0.717, 1.165) is 48.3 Å². The van der Waals surface area contributed by atoms with Crippen LogP contribution in [0.2, 0.25) is 0 Å². The summed E-state index contributed by atoms with van der Waals surface area (Å²) >= 11 is 0. The number of carbonyl (C=O) groups is 2. The number of aromatic nitrogens is 1. The first-order valence-corrected chi connectivity index (χ1v) is 9.42. The van der Waals surface area contributed by atoms with E-state index in [1.165, 1.54) is 0 Å². The molecule has 0 radical (unpaired) electrons. The molecule has 1 aromatic heterocycles. The number of rotatable bonds is 11. The molecule has 0 atom stereocenters. The minimum absolute atomic E-state index is 0.296. The van der Waals surface area contributed by atoms with E-state index in [2.05, 4.69) is 15.3 Å². The first-order valence-electron chi connectivity index (χ1n) is 9.42. The second-order valence-corrected chi connectivity index (χ2v) is 6.70. The normalized spacial score (nSPS) is 13.3. The summed E-state index contributed by atoms with van der Waals surface area (Å²) in [5.41, 5.74) is 3.48. The monoisotopic (exact) mass is 379 g/mol. The minimum atomic E-state index is 0.296. The van der Waals surface area contributed by atoms with Crippen molar-refractivity contribution in [3.8, 4) is 0 Å². The lowest BCUT2D eigenvalue weighted by Gasteiger charge is -2.25. The number of anilines is 3. The highest BCUT2D eigenvalue weighted by atomic mass is 16.1. The largest absolute Gasteiger partial charge is 0.383 e. The summed E-state index contributed by atoms with van der Waals surface area (Å²) in [6.07, 6.45) is 9.65. The van der Waals surface area contributed by atoms with Gasteiger partial charge in [0, 0.05) is 38.5 Å². The zero-order valence-corrected chi connectivity index (χ0v) is 16.0. The van der Waals surface area contributed by atoms with E-state index in [1.54, 1.807) is 17.3 Å². The van der Waals surface area contributed by atoms with Crippen molar-refractivity contribution in [1.82, 2.24) is 4.98 Å². The molecule has 146 valence electrons. The van der Waals surface area contributed by atoms with Crippen LogP contribution in [-0.2, 0) is 9.59 Å². The topological polar surface area (TPSA) is 77.9 Å². The van der Waals surface area contributed by atoms with Crippen molar-refractivity contribution in [3.05, 3.63) is 42.7 Å². The van der Waals surface area contributed by atoms with Crippen LogP contribution < -0.4 is 15.1 Å². The van der Waals surface area contributed by atoms with E-state index in [9.17, 15) is 9.59 Å². The van der Waals surface area contributed by atoms with Gasteiger partial charge in [0.05, 0.1) is 35.5 Å². The fourth-order valence-corrected chi connectivity index (χ4v) is 2.94. The van der Waals surface area contributed by atoms with Gasteiger partial charge in [0.2, 0.25) is 6.41 Å². The van der Waals surface area contributed by atoms with Crippen molar-refractivity contribution in [1.29, 1.82) is 0 Å². The van der Waals surface area contributed by atoms with Crippen LogP contribution in [0.3, 0.4) is 0 Å². The van der Waals surface area contributed by atoms with E-state index in [0.29, 0.717) is 25.6 Å². The molecule has 0 bridgehead atoms. The number of hydrogen-bond donors (Lipinski definition) is 1. The molecule has 7 heteroatoms. The van der Waals surface area contributed by atoms with Gasteiger partial charge in [-0.2, -0.15) is 0 Å². The smallest absolute Gasteiger partial charge is 0.214 e. The van der Waals surface area contributed by atoms with Gasteiger partial charge in [-0.25, -0.2) is 0 Å². The molecule has 1 aliphatic rings. The molecule has 1 aromatic carbocycles. The third-order valence-electron chi connectivity index (χ3n) is 4.59. The maximum Gasteiger partial charge on any atom is 0.214 e. The Hall–Kier alpha value is -3.22. The minimum Gasteiger partial charge on any atom is -0.383 e. The fraction of sp³-hybridized carbons (Fsp3) is 0.333. The van der Waals surface area contributed by atoms with E-state index in [1.807, 2.05) is 48.5 Å². The standard InChI is InChI=1S/C21H25N5O2/c1-25(21-15-22-11-9-20(21)26(16-28)17-7-8-17)13-12-24-19-6-3-2-5-18(19)23-10-4-14-27/h2-3,5-6,9,11-12,14-17,23H,4,7-8,10,13H2,1H3. The van der Waals surface area contributed by atoms with E-state index < -0.39 is 0 Å². The Morgan fingerprint density at radius 1 is 1.21 bits per heavy atom. The first-order chi connectivity index (χ1) is 13.7. The van der Waals surface area contributed by atoms with Crippen molar-refractivity contribution in [2.24, 2.45) is 4.99 Å².